The molecule has 0 unspecified atom stereocenters. The molecule has 494 valence electrons. The lowest BCUT2D eigenvalue weighted by Crippen LogP contribution is -2.18. The minimum Gasteiger partial charge on any atom is -0.459 e. The quantitative estimate of drug-likeness (QED) is 0.00966. The molecule has 95 heavy (non-hydrogen) atoms. The first-order chi connectivity index (χ1) is 45.3. The molecule has 0 aliphatic rings. The summed E-state index contributed by atoms with van der Waals surface area (Å²) in [4.78, 5) is 142. The van der Waals surface area contributed by atoms with Crippen LogP contribution in [0, 0.1) is 0 Å². The summed E-state index contributed by atoms with van der Waals surface area (Å²) in [7, 11) is 0. The Hall–Kier alpha value is -12.3. The second-order valence-electron chi connectivity index (χ2n) is 19.4. The summed E-state index contributed by atoms with van der Waals surface area (Å²) < 4.78 is 60.2. The maximum atomic E-state index is 12.6. The molecule has 0 amide bonds. The smallest absolute Gasteiger partial charge is 0.343 e. The van der Waals surface area contributed by atoms with Crippen molar-refractivity contribution in [2.75, 3.05) is 52.9 Å². The Bertz CT molecular complexity index is 3490. The molecule has 0 aliphatic carbocycles. The molecule has 0 N–H and O–H groups in total. The number of esters is 12. The SMILES string of the molecule is C=C(C)C(=O)OCCOC(=O)/C=C/c1ccc(OC(=O)CC(=O)Oc2ccc(/C=C/C(=O)OCCOC(=O)C(=C)C)cc2)cc1.C=C(C)C(=O)OCCOC(=O)/C=C/c1ccc(OC(=O)c2ccc(C(=O)Oc3ccc(/C=C/C(=O)OCCOC(=O)C(=C)C)cc3)cc2)cc1. The van der Waals surface area contributed by atoms with Gasteiger partial charge in [-0.25, -0.2) is 47.9 Å². The van der Waals surface area contributed by atoms with Crippen molar-refractivity contribution in [2.24, 2.45) is 0 Å². The van der Waals surface area contributed by atoms with E-state index in [-0.39, 0.29) is 109 Å². The van der Waals surface area contributed by atoms with Crippen LogP contribution < -0.4 is 18.9 Å². The van der Waals surface area contributed by atoms with Crippen LogP contribution in [0.3, 0.4) is 0 Å². The Morgan fingerprint density at radius 1 is 0.284 bits per heavy atom. The lowest BCUT2D eigenvalue weighted by Gasteiger charge is -2.07. The molecule has 5 aromatic carbocycles. The van der Waals surface area contributed by atoms with Crippen molar-refractivity contribution in [3.63, 3.8) is 0 Å². The Morgan fingerprint density at radius 3 is 0.695 bits per heavy atom. The van der Waals surface area contributed by atoms with Crippen LogP contribution in [-0.2, 0) is 85.8 Å². The van der Waals surface area contributed by atoms with Crippen molar-refractivity contribution in [1.29, 1.82) is 0 Å². The summed E-state index contributed by atoms with van der Waals surface area (Å²) in [5, 5.41) is 0. The van der Waals surface area contributed by atoms with Crippen molar-refractivity contribution < 1.29 is 114 Å². The van der Waals surface area contributed by atoms with Gasteiger partial charge in [-0.2, -0.15) is 0 Å². The highest BCUT2D eigenvalue weighted by atomic mass is 16.6. The number of benzene rings is 5. The molecule has 0 saturated heterocycles. The topological polar surface area (TPSA) is 316 Å². The monoisotopic (exact) mass is 1300 g/mol. The van der Waals surface area contributed by atoms with E-state index in [2.05, 4.69) is 26.3 Å². The van der Waals surface area contributed by atoms with Crippen LogP contribution in [-0.4, -0.2) is 124 Å². The Labute approximate surface area is 545 Å². The lowest BCUT2D eigenvalue weighted by atomic mass is 10.1. The fourth-order valence-corrected chi connectivity index (χ4v) is 6.56. The molecule has 0 bridgehead atoms. The van der Waals surface area contributed by atoms with Crippen molar-refractivity contribution >= 4 is 95.9 Å². The maximum absolute atomic E-state index is 12.6. The van der Waals surface area contributed by atoms with Crippen LogP contribution in [0.1, 0.15) is 77.1 Å². The molecule has 0 aromatic heterocycles. The van der Waals surface area contributed by atoms with Crippen LogP contribution in [0.5, 0.6) is 23.0 Å². The van der Waals surface area contributed by atoms with Crippen LogP contribution in [0.25, 0.3) is 24.3 Å². The minimum absolute atomic E-state index is 0.0866. The summed E-state index contributed by atoms with van der Waals surface area (Å²) in [5.41, 5.74) is 3.87. The summed E-state index contributed by atoms with van der Waals surface area (Å²) in [6.45, 7) is 19.0. The Morgan fingerprint density at radius 2 is 0.484 bits per heavy atom. The number of ether oxygens (including phenoxy) is 12. The van der Waals surface area contributed by atoms with Gasteiger partial charge in [-0.1, -0.05) is 74.8 Å². The van der Waals surface area contributed by atoms with Crippen LogP contribution >= 0.6 is 0 Å². The van der Waals surface area contributed by atoms with E-state index < -0.39 is 78.1 Å². The van der Waals surface area contributed by atoms with Crippen LogP contribution in [0.4, 0.5) is 0 Å². The average Bonchev–Trinajstić information content (AvgIpc) is 0.962. The molecule has 0 fully saturated rings. The van der Waals surface area contributed by atoms with Gasteiger partial charge in [-0.3, -0.25) is 9.59 Å². The molecular weight excluding hydrogens is 1240 g/mol. The van der Waals surface area contributed by atoms with Gasteiger partial charge in [0, 0.05) is 46.6 Å². The summed E-state index contributed by atoms with van der Waals surface area (Å²) >= 11 is 0. The molecule has 0 saturated carbocycles. The second kappa shape index (κ2) is 40.4. The highest BCUT2D eigenvalue weighted by molar-refractivity contribution is 5.96. The molecule has 0 radical (unpaired) electrons. The number of carbonyl (C=O) groups is 12. The first-order valence-corrected chi connectivity index (χ1v) is 28.4. The third-order valence-corrected chi connectivity index (χ3v) is 11.3. The summed E-state index contributed by atoms with van der Waals surface area (Å²) in [6, 6.07) is 30.7. The zero-order valence-corrected chi connectivity index (χ0v) is 52.2. The van der Waals surface area contributed by atoms with Crippen molar-refractivity contribution in [3.8, 4) is 23.0 Å². The van der Waals surface area contributed by atoms with Gasteiger partial charge in [-0.05, 0) is 147 Å². The first-order valence-electron chi connectivity index (χ1n) is 28.4. The standard InChI is InChI=1S/C38H34O12.C33H32O12/c1-25(2)35(41)47-23-21-45-33(39)19-9-27-5-15-31(16-6-27)49-37(43)29-11-13-30(14-12-29)38(44)50-32-17-7-28(8-18-32)10-20-34(40)46-22-24-48-36(42)26(3)4;1-22(2)32(38)42-19-17-40-28(34)15-9-24-5-11-26(12-6-24)44-30(36)21-31(37)45-27-13-7-25(8-14-27)10-16-29(35)41-18-20-43-33(39)23(3)4/h5-20H,1,3,21-24H2,2,4H3;5-16H,1,3,17-21H2,2,4H3/b19-9+,20-10+;15-9+,16-10+. The molecule has 0 spiro atoms. The first kappa shape index (κ1) is 75.1. The highest BCUT2D eigenvalue weighted by Gasteiger charge is 2.17. The average molecular weight is 1300 g/mol. The third kappa shape index (κ3) is 30.8. The van der Waals surface area contributed by atoms with Crippen molar-refractivity contribution in [2.45, 2.75) is 34.1 Å². The van der Waals surface area contributed by atoms with Gasteiger partial charge in [0.15, 0.2) is 0 Å². The third-order valence-electron chi connectivity index (χ3n) is 11.3. The molecule has 0 aliphatic heterocycles. The van der Waals surface area contributed by atoms with E-state index in [9.17, 15) is 57.5 Å². The number of rotatable bonds is 32. The summed E-state index contributed by atoms with van der Waals surface area (Å²) in [5.74, 6) is -6.92. The van der Waals surface area contributed by atoms with E-state index in [0.29, 0.717) is 22.3 Å². The van der Waals surface area contributed by atoms with Crippen molar-refractivity contribution in [1.82, 2.24) is 0 Å². The Kier molecular flexibility index (Phi) is 32.0. The molecular formula is C71H66O24. The largest absolute Gasteiger partial charge is 0.459 e. The predicted molar refractivity (Wildman–Crippen MR) is 341 cm³/mol. The molecule has 0 atom stereocenters. The van der Waals surface area contributed by atoms with Crippen LogP contribution in [0.2, 0.25) is 0 Å². The predicted octanol–water partition coefficient (Wildman–Crippen LogP) is 9.42. The van der Waals surface area contributed by atoms with E-state index >= 15 is 0 Å². The number of carbonyl (C=O) groups excluding carboxylic acids is 12. The Balaban J connectivity index is 0.000000407. The van der Waals surface area contributed by atoms with Gasteiger partial charge < -0.3 is 56.8 Å². The normalized spacial score (nSPS) is 10.6. The van der Waals surface area contributed by atoms with E-state index in [1.165, 1.54) is 125 Å². The van der Waals surface area contributed by atoms with Crippen LogP contribution in [0.15, 0.2) is 194 Å². The van der Waals surface area contributed by atoms with E-state index in [4.69, 9.17) is 56.8 Å². The highest BCUT2D eigenvalue weighted by Crippen LogP contribution is 2.20. The van der Waals surface area contributed by atoms with Gasteiger partial charge in [-0.15, -0.1) is 0 Å². The molecule has 24 heteroatoms. The molecule has 5 aromatic rings. The van der Waals surface area contributed by atoms with E-state index in [1.54, 1.807) is 72.8 Å². The maximum Gasteiger partial charge on any atom is 0.343 e. The fourth-order valence-electron chi connectivity index (χ4n) is 6.56. The van der Waals surface area contributed by atoms with Gasteiger partial charge in [0.05, 0.1) is 11.1 Å². The summed E-state index contributed by atoms with van der Waals surface area (Å²) in [6.07, 6.45) is 10.1. The molecule has 0 heterocycles. The van der Waals surface area contributed by atoms with Crippen molar-refractivity contribution in [3.05, 3.63) is 228 Å². The van der Waals surface area contributed by atoms with E-state index in [1.807, 2.05) is 0 Å². The lowest BCUT2D eigenvalue weighted by molar-refractivity contribution is -0.146. The fraction of sp³-hybridized carbons (Fsp3) is 0.183. The zero-order valence-electron chi connectivity index (χ0n) is 52.2. The zero-order chi connectivity index (χ0) is 69.7. The minimum atomic E-state index is -0.841. The number of hydrogen-bond acceptors (Lipinski definition) is 24. The molecule has 24 nitrogen and oxygen atoms in total. The van der Waals surface area contributed by atoms with E-state index in [0.717, 1.165) is 0 Å². The molecule has 5 rings (SSSR count). The second-order valence-corrected chi connectivity index (χ2v) is 19.4. The van der Waals surface area contributed by atoms with Gasteiger partial charge in [0.1, 0.15) is 82.3 Å². The van der Waals surface area contributed by atoms with Gasteiger partial charge in [0.25, 0.3) is 0 Å². The number of hydrogen-bond donors (Lipinski definition) is 0. The van der Waals surface area contributed by atoms with Gasteiger partial charge in [0.2, 0.25) is 0 Å². The van der Waals surface area contributed by atoms with Gasteiger partial charge >= 0.3 is 71.6 Å².